The Bertz CT molecular complexity index is 798. The summed E-state index contributed by atoms with van der Waals surface area (Å²) >= 11 is 5.78. The van der Waals surface area contributed by atoms with Crippen molar-refractivity contribution in [3.05, 3.63) is 52.7 Å². The maximum absolute atomic E-state index is 12.2. The van der Waals surface area contributed by atoms with Gasteiger partial charge in [-0.15, -0.1) is 0 Å². The molecule has 1 heterocycles. The SMILES string of the molecule is Cc1ccnc(NS(=O)(=O)c2ccc(Cl)c(C#N)c2)c1. The average Bonchev–Trinajstić information content (AvgIpc) is 2.38. The van der Waals surface area contributed by atoms with Crippen LogP contribution in [0.2, 0.25) is 5.02 Å². The fraction of sp³-hybridized carbons (Fsp3) is 0.0769. The summed E-state index contributed by atoms with van der Waals surface area (Å²) in [5.41, 5.74) is 0.985. The van der Waals surface area contributed by atoms with E-state index in [9.17, 15) is 8.42 Å². The molecule has 20 heavy (non-hydrogen) atoms. The molecule has 0 unspecified atom stereocenters. The number of aromatic nitrogens is 1. The highest BCUT2D eigenvalue weighted by molar-refractivity contribution is 7.92. The summed E-state index contributed by atoms with van der Waals surface area (Å²) in [4.78, 5) is 3.89. The third-order valence-electron chi connectivity index (χ3n) is 2.52. The maximum Gasteiger partial charge on any atom is 0.263 e. The normalized spacial score (nSPS) is 10.8. The van der Waals surface area contributed by atoms with Gasteiger partial charge < -0.3 is 0 Å². The van der Waals surface area contributed by atoms with E-state index in [0.29, 0.717) is 0 Å². The quantitative estimate of drug-likeness (QED) is 0.945. The number of nitriles is 1. The zero-order valence-electron chi connectivity index (χ0n) is 10.5. The molecule has 2 rings (SSSR count). The summed E-state index contributed by atoms with van der Waals surface area (Å²) in [6.07, 6.45) is 1.51. The van der Waals surface area contributed by atoms with E-state index >= 15 is 0 Å². The van der Waals surface area contributed by atoms with Crippen LogP contribution in [0.25, 0.3) is 0 Å². The van der Waals surface area contributed by atoms with Crippen LogP contribution in [-0.4, -0.2) is 13.4 Å². The summed E-state index contributed by atoms with van der Waals surface area (Å²) in [5.74, 6) is 0.221. The minimum Gasteiger partial charge on any atom is -0.263 e. The molecule has 1 aromatic heterocycles. The van der Waals surface area contributed by atoms with Gasteiger partial charge in [0.05, 0.1) is 15.5 Å². The van der Waals surface area contributed by atoms with E-state index in [0.717, 1.165) is 5.56 Å². The predicted molar refractivity (Wildman–Crippen MR) is 75.9 cm³/mol. The van der Waals surface area contributed by atoms with Crippen molar-refractivity contribution in [2.75, 3.05) is 4.72 Å². The predicted octanol–water partition coefficient (Wildman–Crippen LogP) is 2.72. The molecule has 0 aliphatic rings. The van der Waals surface area contributed by atoms with Gasteiger partial charge in [-0.25, -0.2) is 13.4 Å². The number of nitrogens with one attached hydrogen (secondary N) is 1. The largest absolute Gasteiger partial charge is 0.263 e. The van der Waals surface area contributed by atoms with Crippen LogP contribution in [0.1, 0.15) is 11.1 Å². The van der Waals surface area contributed by atoms with Crippen LogP contribution in [0.5, 0.6) is 0 Å². The van der Waals surface area contributed by atoms with Crippen molar-refractivity contribution in [1.29, 1.82) is 5.26 Å². The van der Waals surface area contributed by atoms with Crippen molar-refractivity contribution in [1.82, 2.24) is 4.98 Å². The van der Waals surface area contributed by atoms with Crippen molar-refractivity contribution in [3.8, 4) is 6.07 Å². The monoisotopic (exact) mass is 307 g/mol. The van der Waals surface area contributed by atoms with Crippen LogP contribution in [0, 0.1) is 18.3 Å². The summed E-state index contributed by atoms with van der Waals surface area (Å²) in [7, 11) is -3.80. The Balaban J connectivity index is 2.39. The fourth-order valence-corrected chi connectivity index (χ4v) is 2.73. The van der Waals surface area contributed by atoms with Gasteiger partial charge >= 0.3 is 0 Å². The van der Waals surface area contributed by atoms with Gasteiger partial charge in [0.2, 0.25) is 0 Å². The minimum atomic E-state index is -3.80. The summed E-state index contributed by atoms with van der Waals surface area (Å²) in [6.45, 7) is 1.83. The first-order valence-corrected chi connectivity index (χ1v) is 7.43. The van der Waals surface area contributed by atoms with Crippen molar-refractivity contribution < 1.29 is 8.42 Å². The van der Waals surface area contributed by atoms with Crippen LogP contribution < -0.4 is 4.72 Å². The Morgan fingerprint density at radius 1 is 1.30 bits per heavy atom. The van der Waals surface area contributed by atoms with E-state index in [1.807, 2.05) is 13.0 Å². The number of anilines is 1. The molecule has 0 bridgehead atoms. The van der Waals surface area contributed by atoms with E-state index in [2.05, 4.69) is 9.71 Å². The van der Waals surface area contributed by atoms with Crippen LogP contribution in [0.15, 0.2) is 41.4 Å². The van der Waals surface area contributed by atoms with Gasteiger partial charge in [-0.3, -0.25) is 4.72 Å². The van der Waals surface area contributed by atoms with Crippen LogP contribution >= 0.6 is 11.6 Å². The van der Waals surface area contributed by atoms with Gasteiger partial charge in [-0.05, 0) is 42.8 Å². The number of benzene rings is 1. The maximum atomic E-state index is 12.2. The first kappa shape index (κ1) is 14.3. The Labute approximate surface area is 121 Å². The van der Waals surface area contributed by atoms with Crippen molar-refractivity contribution in [3.63, 3.8) is 0 Å². The third kappa shape index (κ3) is 3.07. The average molecular weight is 308 g/mol. The molecule has 0 fully saturated rings. The van der Waals surface area contributed by atoms with Crippen LogP contribution in [-0.2, 0) is 10.0 Å². The standard InChI is InChI=1S/C13H10ClN3O2S/c1-9-4-5-16-13(6-9)17-20(18,19)11-2-3-12(14)10(7-11)8-15/h2-7H,1H3,(H,16,17). The first-order chi connectivity index (χ1) is 9.42. The number of pyridine rings is 1. The second-order valence-corrected chi connectivity index (χ2v) is 6.17. The third-order valence-corrected chi connectivity index (χ3v) is 4.20. The highest BCUT2D eigenvalue weighted by Gasteiger charge is 2.16. The number of hydrogen-bond acceptors (Lipinski definition) is 4. The van der Waals surface area contributed by atoms with Gasteiger partial charge in [0.1, 0.15) is 11.9 Å². The molecule has 102 valence electrons. The Hall–Kier alpha value is -2.10. The van der Waals surface area contributed by atoms with E-state index in [1.165, 1.54) is 24.4 Å². The number of rotatable bonds is 3. The molecule has 7 heteroatoms. The molecule has 5 nitrogen and oxygen atoms in total. The topological polar surface area (TPSA) is 82.8 Å². The zero-order chi connectivity index (χ0) is 14.8. The minimum absolute atomic E-state index is 0.0400. The van der Waals surface area contributed by atoms with E-state index < -0.39 is 10.0 Å². The summed E-state index contributed by atoms with van der Waals surface area (Å²) < 4.78 is 26.7. The summed E-state index contributed by atoms with van der Waals surface area (Å²) in [6, 6.07) is 9.14. The number of halogens is 1. The lowest BCUT2D eigenvalue weighted by molar-refractivity contribution is 0.601. The van der Waals surface area contributed by atoms with Gasteiger partial charge in [0.15, 0.2) is 0 Å². The number of hydrogen-bond donors (Lipinski definition) is 1. The second-order valence-electron chi connectivity index (χ2n) is 4.08. The van der Waals surface area contributed by atoms with Gasteiger partial charge in [0, 0.05) is 6.20 Å². The highest BCUT2D eigenvalue weighted by Crippen LogP contribution is 2.21. The fourth-order valence-electron chi connectivity index (χ4n) is 1.55. The van der Waals surface area contributed by atoms with Crippen molar-refractivity contribution in [2.24, 2.45) is 0 Å². The molecule has 0 saturated heterocycles. The Morgan fingerprint density at radius 2 is 2.05 bits per heavy atom. The lowest BCUT2D eigenvalue weighted by atomic mass is 10.2. The molecule has 0 spiro atoms. The van der Waals surface area contributed by atoms with E-state index in [4.69, 9.17) is 16.9 Å². The second kappa shape index (κ2) is 5.49. The number of aryl methyl sites for hydroxylation is 1. The molecule has 0 radical (unpaired) electrons. The number of nitrogens with zero attached hydrogens (tertiary/aromatic N) is 2. The Morgan fingerprint density at radius 3 is 2.70 bits per heavy atom. The molecular weight excluding hydrogens is 298 g/mol. The highest BCUT2D eigenvalue weighted by atomic mass is 35.5. The molecule has 1 N–H and O–H groups in total. The molecule has 2 aromatic rings. The molecule has 0 aliphatic heterocycles. The van der Waals surface area contributed by atoms with Gasteiger partial charge in [-0.1, -0.05) is 11.6 Å². The molecule has 0 amide bonds. The molecule has 1 aromatic carbocycles. The van der Waals surface area contributed by atoms with Gasteiger partial charge in [0.25, 0.3) is 10.0 Å². The van der Waals surface area contributed by atoms with Crippen LogP contribution in [0.4, 0.5) is 5.82 Å². The lowest BCUT2D eigenvalue weighted by Gasteiger charge is -2.08. The molecular formula is C13H10ClN3O2S. The first-order valence-electron chi connectivity index (χ1n) is 5.57. The van der Waals surface area contributed by atoms with Gasteiger partial charge in [-0.2, -0.15) is 5.26 Å². The van der Waals surface area contributed by atoms with E-state index in [-0.39, 0.29) is 21.3 Å². The zero-order valence-corrected chi connectivity index (χ0v) is 12.0. The lowest BCUT2D eigenvalue weighted by Crippen LogP contribution is -2.14. The Kier molecular flexibility index (Phi) is 3.93. The number of sulfonamides is 1. The smallest absolute Gasteiger partial charge is 0.263 e. The van der Waals surface area contributed by atoms with Crippen LogP contribution in [0.3, 0.4) is 0 Å². The van der Waals surface area contributed by atoms with E-state index in [1.54, 1.807) is 12.1 Å². The van der Waals surface area contributed by atoms with Crippen molar-refractivity contribution in [2.45, 2.75) is 11.8 Å². The molecule has 0 saturated carbocycles. The molecule has 0 atom stereocenters. The molecule has 0 aliphatic carbocycles. The summed E-state index contributed by atoms with van der Waals surface area (Å²) in [5, 5.41) is 9.08. The van der Waals surface area contributed by atoms with Crippen molar-refractivity contribution >= 4 is 27.4 Å².